The van der Waals surface area contributed by atoms with E-state index >= 15 is 0 Å². The number of carbonyl (C=O) groups excluding carboxylic acids is 3. The quantitative estimate of drug-likeness (QED) is 0.627. The Bertz CT molecular complexity index is 611. The predicted octanol–water partition coefficient (Wildman–Crippen LogP) is 2.30. The lowest BCUT2D eigenvalue weighted by Gasteiger charge is -2.23. The molecule has 124 valence electrons. The van der Waals surface area contributed by atoms with Crippen LogP contribution in [0.5, 0.6) is 5.75 Å². The molecule has 1 aliphatic heterocycles. The van der Waals surface area contributed by atoms with Crippen LogP contribution in [0.1, 0.15) is 30.1 Å². The first-order valence-corrected chi connectivity index (χ1v) is 6.98. The van der Waals surface area contributed by atoms with Crippen LogP contribution in [0.3, 0.4) is 0 Å². The summed E-state index contributed by atoms with van der Waals surface area (Å²) in [6.45, 7) is 1.69. The molecular formula is C15H15F2NO5. The van der Waals surface area contributed by atoms with E-state index in [0.717, 1.165) is 12.1 Å². The summed E-state index contributed by atoms with van der Waals surface area (Å²) in [5.74, 6) is -3.02. The van der Waals surface area contributed by atoms with Crippen molar-refractivity contribution in [2.24, 2.45) is 0 Å². The third-order valence-electron chi connectivity index (χ3n) is 3.47. The van der Waals surface area contributed by atoms with E-state index in [1.165, 1.54) is 11.8 Å². The maximum atomic E-state index is 13.5. The van der Waals surface area contributed by atoms with E-state index in [1.54, 1.807) is 0 Å². The van der Waals surface area contributed by atoms with Gasteiger partial charge in [0, 0.05) is 25.6 Å². The number of halogens is 2. The number of hydrogen-bond donors (Lipinski definition) is 0. The van der Waals surface area contributed by atoms with Crippen molar-refractivity contribution in [1.82, 2.24) is 4.90 Å². The minimum absolute atomic E-state index is 0.0389. The van der Waals surface area contributed by atoms with Gasteiger partial charge in [-0.15, -0.1) is 0 Å². The Hall–Kier alpha value is -2.51. The average molecular weight is 327 g/mol. The highest BCUT2D eigenvalue weighted by molar-refractivity contribution is 5.77. The van der Waals surface area contributed by atoms with E-state index in [1.807, 2.05) is 0 Å². The van der Waals surface area contributed by atoms with Crippen molar-refractivity contribution < 1.29 is 32.6 Å². The Labute approximate surface area is 131 Å². The van der Waals surface area contributed by atoms with E-state index in [9.17, 15) is 23.2 Å². The Morgan fingerprint density at radius 2 is 2.00 bits per heavy atom. The first kappa shape index (κ1) is 16.9. The van der Waals surface area contributed by atoms with Gasteiger partial charge in [0.15, 0.2) is 6.29 Å². The fourth-order valence-electron chi connectivity index (χ4n) is 2.35. The summed E-state index contributed by atoms with van der Waals surface area (Å²) in [7, 11) is 0. The standard InChI is InChI=1S/C15H15F2NO5/c1-9(20)22-8-10-3-2-4-18(10)15(21)23-11-5-13(16)12(7-19)14(17)6-11/h5-7,10H,2-4,8H2,1H3/t10-/m0/s1. The average Bonchev–Trinajstić information content (AvgIpc) is 2.93. The summed E-state index contributed by atoms with van der Waals surface area (Å²) in [5, 5.41) is 0. The Kier molecular flexibility index (Phi) is 5.25. The summed E-state index contributed by atoms with van der Waals surface area (Å²) in [6.07, 6.45) is 0.590. The highest BCUT2D eigenvalue weighted by Crippen LogP contribution is 2.23. The van der Waals surface area contributed by atoms with Crippen molar-refractivity contribution in [2.75, 3.05) is 13.2 Å². The van der Waals surface area contributed by atoms with Crippen LogP contribution in [0, 0.1) is 11.6 Å². The molecule has 1 amide bonds. The van der Waals surface area contributed by atoms with Gasteiger partial charge in [0.2, 0.25) is 0 Å². The largest absolute Gasteiger partial charge is 0.464 e. The number of likely N-dealkylation sites (tertiary alicyclic amines) is 1. The molecule has 0 radical (unpaired) electrons. The number of ether oxygens (including phenoxy) is 2. The third kappa shape index (κ3) is 4.02. The van der Waals surface area contributed by atoms with Crippen LogP contribution in [0.25, 0.3) is 0 Å². The number of nitrogens with zero attached hydrogens (tertiary/aromatic N) is 1. The molecule has 8 heteroatoms. The van der Waals surface area contributed by atoms with Gasteiger partial charge in [0.1, 0.15) is 24.0 Å². The van der Waals surface area contributed by atoms with Gasteiger partial charge in [-0.2, -0.15) is 0 Å². The minimum atomic E-state index is -1.11. The van der Waals surface area contributed by atoms with Gasteiger partial charge in [-0.1, -0.05) is 0 Å². The topological polar surface area (TPSA) is 72.9 Å². The lowest BCUT2D eigenvalue weighted by molar-refractivity contribution is -0.142. The van der Waals surface area contributed by atoms with E-state index in [2.05, 4.69) is 0 Å². The number of amides is 1. The molecule has 1 fully saturated rings. The molecule has 1 aromatic rings. The second-order valence-corrected chi connectivity index (χ2v) is 5.08. The molecule has 1 heterocycles. The smallest absolute Gasteiger partial charge is 0.415 e. The molecule has 23 heavy (non-hydrogen) atoms. The fraction of sp³-hybridized carbons (Fsp3) is 0.400. The van der Waals surface area contributed by atoms with Gasteiger partial charge >= 0.3 is 12.1 Å². The fourth-order valence-corrected chi connectivity index (χ4v) is 2.35. The molecule has 1 saturated heterocycles. The number of benzene rings is 1. The number of carbonyl (C=O) groups is 3. The summed E-state index contributed by atoms with van der Waals surface area (Å²) in [4.78, 5) is 34.8. The Balaban J connectivity index is 2.06. The molecule has 0 spiro atoms. The highest BCUT2D eigenvalue weighted by atomic mass is 19.1. The highest BCUT2D eigenvalue weighted by Gasteiger charge is 2.31. The zero-order chi connectivity index (χ0) is 17.0. The second-order valence-electron chi connectivity index (χ2n) is 5.08. The molecule has 1 aromatic carbocycles. The van der Waals surface area contributed by atoms with Gasteiger partial charge in [-0.3, -0.25) is 9.59 Å². The number of hydrogen-bond acceptors (Lipinski definition) is 5. The van der Waals surface area contributed by atoms with Gasteiger partial charge in [-0.05, 0) is 12.8 Å². The first-order valence-electron chi connectivity index (χ1n) is 6.98. The zero-order valence-electron chi connectivity index (χ0n) is 12.4. The van der Waals surface area contributed by atoms with Crippen LogP contribution in [0.4, 0.5) is 13.6 Å². The van der Waals surface area contributed by atoms with Crippen molar-refractivity contribution in [1.29, 1.82) is 0 Å². The molecule has 6 nitrogen and oxygen atoms in total. The van der Waals surface area contributed by atoms with E-state index in [-0.39, 0.29) is 24.7 Å². The summed E-state index contributed by atoms with van der Waals surface area (Å²) in [5.41, 5.74) is -0.723. The van der Waals surface area contributed by atoms with Crippen molar-refractivity contribution in [3.8, 4) is 5.75 Å². The van der Waals surface area contributed by atoms with Gasteiger partial charge in [0.25, 0.3) is 0 Å². The van der Waals surface area contributed by atoms with E-state index in [0.29, 0.717) is 19.4 Å². The molecule has 0 saturated carbocycles. The molecule has 1 aliphatic rings. The molecule has 0 bridgehead atoms. The van der Waals surface area contributed by atoms with Crippen molar-refractivity contribution in [2.45, 2.75) is 25.8 Å². The first-order chi connectivity index (χ1) is 10.9. The summed E-state index contributed by atoms with van der Waals surface area (Å²) >= 11 is 0. The molecule has 1 atom stereocenters. The van der Waals surface area contributed by atoms with E-state index < -0.39 is 29.3 Å². The second kappa shape index (κ2) is 7.17. The SMILES string of the molecule is CC(=O)OC[C@@H]1CCCN1C(=O)Oc1cc(F)c(C=O)c(F)c1. The zero-order valence-corrected chi connectivity index (χ0v) is 12.4. The predicted molar refractivity (Wildman–Crippen MR) is 74.1 cm³/mol. The van der Waals surface area contributed by atoms with Crippen LogP contribution in [0.2, 0.25) is 0 Å². The van der Waals surface area contributed by atoms with Gasteiger partial charge < -0.3 is 14.4 Å². The van der Waals surface area contributed by atoms with Crippen molar-refractivity contribution in [3.05, 3.63) is 29.3 Å². The van der Waals surface area contributed by atoms with Gasteiger partial charge in [0.05, 0.1) is 11.6 Å². The monoisotopic (exact) mass is 327 g/mol. The molecule has 0 unspecified atom stereocenters. The molecule has 2 rings (SSSR count). The summed E-state index contributed by atoms with van der Waals surface area (Å²) in [6, 6.07) is 1.19. The number of rotatable bonds is 4. The number of aldehydes is 1. The molecule has 0 N–H and O–H groups in total. The van der Waals surface area contributed by atoms with Crippen LogP contribution in [-0.2, 0) is 9.53 Å². The maximum absolute atomic E-state index is 13.5. The van der Waals surface area contributed by atoms with Crippen LogP contribution in [0.15, 0.2) is 12.1 Å². The molecule has 0 aliphatic carbocycles. The Morgan fingerprint density at radius 1 is 1.35 bits per heavy atom. The molecular weight excluding hydrogens is 312 g/mol. The normalized spacial score (nSPS) is 17.0. The van der Waals surface area contributed by atoms with Crippen LogP contribution < -0.4 is 4.74 Å². The van der Waals surface area contributed by atoms with Crippen molar-refractivity contribution in [3.63, 3.8) is 0 Å². The van der Waals surface area contributed by atoms with Crippen LogP contribution >= 0.6 is 0 Å². The van der Waals surface area contributed by atoms with E-state index in [4.69, 9.17) is 9.47 Å². The lowest BCUT2D eigenvalue weighted by Crippen LogP contribution is -2.40. The lowest BCUT2D eigenvalue weighted by atomic mass is 10.2. The third-order valence-corrected chi connectivity index (χ3v) is 3.47. The molecule has 0 aromatic heterocycles. The number of esters is 1. The summed E-state index contributed by atoms with van der Waals surface area (Å²) < 4.78 is 36.8. The Morgan fingerprint density at radius 3 is 2.57 bits per heavy atom. The van der Waals surface area contributed by atoms with Crippen molar-refractivity contribution >= 4 is 18.3 Å². The minimum Gasteiger partial charge on any atom is -0.464 e. The van der Waals surface area contributed by atoms with Crippen LogP contribution in [-0.4, -0.2) is 42.4 Å². The van der Waals surface area contributed by atoms with Gasteiger partial charge in [-0.25, -0.2) is 13.6 Å². The maximum Gasteiger partial charge on any atom is 0.415 e.